The van der Waals surface area contributed by atoms with Gasteiger partial charge in [0.2, 0.25) is 0 Å². The molecule has 1 fully saturated rings. The molecule has 2 aliphatic rings. The average molecular weight is 544 g/mol. The molecule has 6 aromatic carbocycles. The zero-order valence-corrected chi connectivity index (χ0v) is 24.8. The van der Waals surface area contributed by atoms with Crippen LogP contribution in [0, 0.1) is 5.92 Å². The summed E-state index contributed by atoms with van der Waals surface area (Å²) >= 11 is 0. The average Bonchev–Trinajstić information content (AvgIpc) is 3.24. The zero-order valence-electron chi connectivity index (χ0n) is 24.8. The first-order valence-electron chi connectivity index (χ1n) is 15.5. The number of anilines is 2. The Morgan fingerprint density at radius 1 is 0.595 bits per heavy atom. The molecule has 1 heteroatoms. The predicted molar refractivity (Wildman–Crippen MR) is 180 cm³/mol. The molecule has 1 nitrogen and oxygen atoms in total. The molecule has 1 aliphatic heterocycles. The van der Waals surface area contributed by atoms with Crippen molar-refractivity contribution in [2.45, 2.75) is 51.0 Å². The lowest BCUT2D eigenvalue weighted by molar-refractivity contribution is 0.130. The molecule has 1 heterocycles. The third-order valence-corrected chi connectivity index (χ3v) is 11.0. The number of rotatable bonds is 3. The van der Waals surface area contributed by atoms with Crippen LogP contribution in [-0.4, -0.2) is 5.54 Å². The Balaban J connectivity index is 1.43. The lowest BCUT2D eigenvalue weighted by atomic mass is 9.57. The third-order valence-electron chi connectivity index (χ3n) is 11.0. The summed E-state index contributed by atoms with van der Waals surface area (Å²) in [6.45, 7) is 7.55. The standard InChI is InChI=1S/C41H37N/c1-28-15-14-26-40(2)36-27-30(24-25-37(36)42(41(28,40)3)31-18-8-5-9-19-31)39-34-22-12-10-20-32(34)38(29-16-6-4-7-17-29)33-21-11-13-23-35(33)39/h4-13,16-25,27-28H,14-15,26H2,1-3H3. The molecule has 42 heavy (non-hydrogen) atoms. The molecule has 3 unspecified atom stereocenters. The molecule has 0 saturated heterocycles. The summed E-state index contributed by atoms with van der Waals surface area (Å²) < 4.78 is 0. The molecule has 0 amide bonds. The highest BCUT2D eigenvalue weighted by molar-refractivity contribution is 6.21. The molecule has 0 aromatic heterocycles. The van der Waals surface area contributed by atoms with E-state index in [2.05, 4.69) is 153 Å². The summed E-state index contributed by atoms with van der Waals surface area (Å²) in [6.07, 6.45) is 3.76. The normalized spacial score (nSPS) is 23.2. The Morgan fingerprint density at radius 2 is 1.12 bits per heavy atom. The van der Waals surface area contributed by atoms with Crippen LogP contribution in [-0.2, 0) is 5.41 Å². The van der Waals surface area contributed by atoms with Crippen molar-refractivity contribution in [3.63, 3.8) is 0 Å². The molecule has 3 atom stereocenters. The first kappa shape index (κ1) is 25.4. The fourth-order valence-corrected chi connectivity index (χ4v) is 8.63. The van der Waals surface area contributed by atoms with Crippen LogP contribution >= 0.6 is 0 Å². The van der Waals surface area contributed by atoms with Gasteiger partial charge in [-0.2, -0.15) is 0 Å². The van der Waals surface area contributed by atoms with Crippen molar-refractivity contribution < 1.29 is 0 Å². The molecule has 8 rings (SSSR count). The maximum absolute atomic E-state index is 2.69. The van der Waals surface area contributed by atoms with Crippen molar-refractivity contribution in [1.82, 2.24) is 0 Å². The van der Waals surface area contributed by atoms with E-state index in [1.807, 2.05) is 0 Å². The number of para-hydroxylation sites is 1. The van der Waals surface area contributed by atoms with E-state index in [4.69, 9.17) is 0 Å². The summed E-state index contributed by atoms with van der Waals surface area (Å²) in [4.78, 5) is 2.69. The van der Waals surface area contributed by atoms with Crippen LogP contribution < -0.4 is 4.90 Å². The Morgan fingerprint density at radius 3 is 1.71 bits per heavy atom. The third kappa shape index (κ3) is 3.37. The summed E-state index contributed by atoms with van der Waals surface area (Å²) in [5.74, 6) is 0.583. The molecule has 0 bridgehead atoms. The Labute approximate surface area is 249 Å². The van der Waals surface area contributed by atoms with E-state index in [1.54, 1.807) is 0 Å². The highest BCUT2D eigenvalue weighted by Crippen LogP contribution is 2.63. The monoisotopic (exact) mass is 543 g/mol. The number of fused-ring (bicyclic) bond motifs is 5. The minimum Gasteiger partial charge on any atom is -0.334 e. The Bertz CT molecular complexity index is 1900. The van der Waals surface area contributed by atoms with Gasteiger partial charge in [0.25, 0.3) is 0 Å². The summed E-state index contributed by atoms with van der Waals surface area (Å²) in [5, 5.41) is 5.26. The lowest BCUT2D eigenvalue weighted by Gasteiger charge is -2.54. The highest BCUT2D eigenvalue weighted by Gasteiger charge is 2.60. The van der Waals surface area contributed by atoms with Crippen molar-refractivity contribution in [3.8, 4) is 22.3 Å². The van der Waals surface area contributed by atoms with Crippen LogP contribution in [0.3, 0.4) is 0 Å². The summed E-state index contributed by atoms with van der Waals surface area (Å²) in [5.41, 5.74) is 9.49. The van der Waals surface area contributed by atoms with Gasteiger partial charge in [-0.25, -0.2) is 0 Å². The number of hydrogen-bond acceptors (Lipinski definition) is 1. The van der Waals surface area contributed by atoms with Gasteiger partial charge in [-0.1, -0.05) is 123 Å². The Kier molecular flexibility index (Phi) is 5.63. The van der Waals surface area contributed by atoms with Gasteiger partial charge in [0, 0.05) is 16.8 Å². The lowest BCUT2D eigenvalue weighted by Crippen LogP contribution is -2.59. The summed E-state index contributed by atoms with van der Waals surface area (Å²) in [6, 6.07) is 47.3. The van der Waals surface area contributed by atoms with Gasteiger partial charge in [0.05, 0.1) is 5.54 Å². The van der Waals surface area contributed by atoms with E-state index in [0.29, 0.717) is 5.92 Å². The molecule has 0 N–H and O–H groups in total. The highest BCUT2D eigenvalue weighted by atomic mass is 15.3. The van der Waals surface area contributed by atoms with Crippen molar-refractivity contribution in [2.24, 2.45) is 5.92 Å². The molecule has 1 aliphatic carbocycles. The second kappa shape index (κ2) is 9.33. The van der Waals surface area contributed by atoms with Crippen molar-refractivity contribution in [3.05, 3.63) is 133 Å². The van der Waals surface area contributed by atoms with Crippen LogP contribution in [0.2, 0.25) is 0 Å². The minimum atomic E-state index is 0.00879. The summed E-state index contributed by atoms with van der Waals surface area (Å²) in [7, 11) is 0. The molecule has 1 saturated carbocycles. The minimum absolute atomic E-state index is 0.00879. The van der Waals surface area contributed by atoms with Gasteiger partial charge in [-0.05, 0) is 99.3 Å². The smallest absolute Gasteiger partial charge is 0.0543 e. The molecule has 0 radical (unpaired) electrons. The number of nitrogens with zero attached hydrogens (tertiary/aromatic N) is 1. The molecule has 0 spiro atoms. The van der Waals surface area contributed by atoms with E-state index in [9.17, 15) is 0 Å². The van der Waals surface area contributed by atoms with Crippen LogP contribution in [0.25, 0.3) is 43.8 Å². The van der Waals surface area contributed by atoms with Crippen LogP contribution in [0.15, 0.2) is 127 Å². The predicted octanol–water partition coefficient (Wildman–Crippen LogP) is 11.3. The van der Waals surface area contributed by atoms with E-state index >= 15 is 0 Å². The molecular formula is C41H37N. The van der Waals surface area contributed by atoms with E-state index in [-0.39, 0.29) is 11.0 Å². The first-order valence-corrected chi connectivity index (χ1v) is 15.5. The van der Waals surface area contributed by atoms with Crippen LogP contribution in [0.1, 0.15) is 45.6 Å². The van der Waals surface area contributed by atoms with Crippen LogP contribution in [0.4, 0.5) is 11.4 Å². The van der Waals surface area contributed by atoms with Crippen LogP contribution in [0.5, 0.6) is 0 Å². The van der Waals surface area contributed by atoms with Gasteiger partial charge in [-0.15, -0.1) is 0 Å². The van der Waals surface area contributed by atoms with E-state index in [0.717, 1.165) is 0 Å². The van der Waals surface area contributed by atoms with Crippen molar-refractivity contribution >= 4 is 32.9 Å². The number of hydrogen-bond donors (Lipinski definition) is 0. The second-order valence-corrected chi connectivity index (χ2v) is 12.9. The number of benzene rings is 6. The van der Waals surface area contributed by atoms with Gasteiger partial charge in [-0.3, -0.25) is 0 Å². The maximum Gasteiger partial charge on any atom is 0.0543 e. The zero-order chi connectivity index (χ0) is 28.5. The largest absolute Gasteiger partial charge is 0.334 e. The van der Waals surface area contributed by atoms with Gasteiger partial charge >= 0.3 is 0 Å². The Hall–Kier alpha value is -4.36. The van der Waals surface area contributed by atoms with Gasteiger partial charge < -0.3 is 4.90 Å². The van der Waals surface area contributed by atoms with Gasteiger partial charge in [0.1, 0.15) is 0 Å². The van der Waals surface area contributed by atoms with E-state index in [1.165, 1.54) is 80.0 Å². The fraction of sp³-hybridized carbons (Fsp3) is 0.220. The maximum atomic E-state index is 2.69. The fourth-order valence-electron chi connectivity index (χ4n) is 8.63. The topological polar surface area (TPSA) is 3.24 Å². The first-order chi connectivity index (χ1) is 20.5. The van der Waals surface area contributed by atoms with Crippen molar-refractivity contribution in [2.75, 3.05) is 4.90 Å². The second-order valence-electron chi connectivity index (χ2n) is 12.9. The van der Waals surface area contributed by atoms with Crippen molar-refractivity contribution in [1.29, 1.82) is 0 Å². The SMILES string of the molecule is CC1CCCC2(C)c3cc(-c4c5ccccc5c(-c5ccccc5)c5ccccc45)ccc3N(c3ccccc3)C12C. The molecule has 6 aromatic rings. The molecular weight excluding hydrogens is 506 g/mol. The molecule has 206 valence electrons. The van der Waals surface area contributed by atoms with E-state index < -0.39 is 0 Å². The van der Waals surface area contributed by atoms with Gasteiger partial charge in [0.15, 0.2) is 0 Å². The quantitative estimate of drug-likeness (QED) is 0.201.